The summed E-state index contributed by atoms with van der Waals surface area (Å²) in [7, 11) is 4.61. The Labute approximate surface area is 203 Å². The molecule has 0 aromatic heterocycles. The average molecular weight is 477 g/mol. The molecule has 1 atom stereocenters. The van der Waals surface area contributed by atoms with Crippen LogP contribution in [0.1, 0.15) is 43.0 Å². The smallest absolute Gasteiger partial charge is 0.254 e. The maximum Gasteiger partial charge on any atom is 0.254 e. The fourth-order valence-corrected chi connectivity index (χ4v) is 4.74. The number of carbonyl (C=O) groups excluding carboxylic acids is 2. The molecule has 0 bridgehead atoms. The third-order valence-electron chi connectivity index (χ3n) is 6.86. The van der Waals surface area contributed by atoms with Crippen LogP contribution in [0.3, 0.4) is 0 Å². The summed E-state index contributed by atoms with van der Waals surface area (Å²) in [5.74, 6) is 1.27. The largest absolute Gasteiger partial charge is 0.493 e. The number of rotatable bonds is 10. The molecule has 1 N–H and O–H groups in total. The van der Waals surface area contributed by atoms with Gasteiger partial charge in [-0.15, -0.1) is 0 Å². The summed E-state index contributed by atoms with van der Waals surface area (Å²) in [6, 6.07) is 3.87. The average Bonchev–Trinajstić information content (AvgIpc) is 2.88. The molecule has 9 heteroatoms. The van der Waals surface area contributed by atoms with E-state index in [2.05, 4.69) is 17.1 Å². The van der Waals surface area contributed by atoms with Crippen LogP contribution < -0.4 is 19.5 Å². The third-order valence-corrected chi connectivity index (χ3v) is 6.86. The van der Waals surface area contributed by atoms with Crippen LogP contribution in [0.5, 0.6) is 17.2 Å². The molecule has 1 aromatic carbocycles. The van der Waals surface area contributed by atoms with Crippen LogP contribution in [-0.4, -0.2) is 106 Å². The van der Waals surface area contributed by atoms with E-state index in [1.165, 1.54) is 40.6 Å². The van der Waals surface area contributed by atoms with E-state index in [1.54, 1.807) is 17.0 Å². The Morgan fingerprint density at radius 2 is 1.68 bits per heavy atom. The van der Waals surface area contributed by atoms with E-state index in [0.29, 0.717) is 61.5 Å². The highest BCUT2D eigenvalue weighted by Gasteiger charge is 2.25. The highest BCUT2D eigenvalue weighted by Crippen LogP contribution is 2.38. The van der Waals surface area contributed by atoms with Crippen LogP contribution in [0.15, 0.2) is 12.1 Å². The van der Waals surface area contributed by atoms with Gasteiger partial charge in [-0.25, -0.2) is 0 Å². The van der Waals surface area contributed by atoms with Gasteiger partial charge in [-0.05, 0) is 38.4 Å². The van der Waals surface area contributed by atoms with E-state index in [9.17, 15) is 9.59 Å². The minimum atomic E-state index is -0.142. The number of nitrogens with one attached hydrogen (secondary N) is 1. The summed E-state index contributed by atoms with van der Waals surface area (Å²) in [4.78, 5) is 32.6. The summed E-state index contributed by atoms with van der Waals surface area (Å²) in [6.07, 6.45) is 3.94. The van der Waals surface area contributed by atoms with E-state index in [0.717, 1.165) is 26.2 Å². The van der Waals surface area contributed by atoms with Crippen molar-refractivity contribution < 1.29 is 23.8 Å². The second kappa shape index (κ2) is 12.8. The molecule has 2 aliphatic heterocycles. The van der Waals surface area contributed by atoms with E-state index < -0.39 is 0 Å². The predicted molar refractivity (Wildman–Crippen MR) is 131 cm³/mol. The summed E-state index contributed by atoms with van der Waals surface area (Å²) in [6.45, 7) is 8.08. The zero-order valence-electron chi connectivity index (χ0n) is 21.1. The minimum absolute atomic E-state index is 0.0931. The first kappa shape index (κ1) is 26.1. The van der Waals surface area contributed by atoms with Gasteiger partial charge in [-0.1, -0.05) is 6.42 Å². The van der Waals surface area contributed by atoms with E-state index in [4.69, 9.17) is 14.2 Å². The second-order valence-electron chi connectivity index (χ2n) is 8.97. The summed E-state index contributed by atoms with van der Waals surface area (Å²) in [5, 5.41) is 3.27. The molecular weight excluding hydrogens is 436 g/mol. The Morgan fingerprint density at radius 1 is 1.00 bits per heavy atom. The molecule has 2 aliphatic rings. The third kappa shape index (κ3) is 6.54. The highest BCUT2D eigenvalue weighted by atomic mass is 16.5. The van der Waals surface area contributed by atoms with Crippen LogP contribution in [0.25, 0.3) is 0 Å². The quantitative estimate of drug-likeness (QED) is 0.552. The van der Waals surface area contributed by atoms with Crippen molar-refractivity contribution in [2.75, 3.05) is 73.7 Å². The molecule has 190 valence electrons. The highest BCUT2D eigenvalue weighted by molar-refractivity contribution is 5.96. The zero-order valence-corrected chi connectivity index (χ0v) is 21.1. The minimum Gasteiger partial charge on any atom is -0.493 e. The second-order valence-corrected chi connectivity index (χ2v) is 8.97. The molecule has 2 fully saturated rings. The zero-order chi connectivity index (χ0) is 24.5. The maximum absolute atomic E-state index is 13.6. The first-order chi connectivity index (χ1) is 16.5. The van der Waals surface area contributed by atoms with Crippen LogP contribution in [0, 0.1) is 0 Å². The Kier molecular flexibility index (Phi) is 9.83. The molecule has 0 radical (unpaired) electrons. The Hall–Kier alpha value is -2.52. The molecule has 2 amide bonds. The van der Waals surface area contributed by atoms with Gasteiger partial charge in [0.15, 0.2) is 11.5 Å². The monoisotopic (exact) mass is 476 g/mol. The summed E-state index contributed by atoms with van der Waals surface area (Å²) < 4.78 is 16.3. The standard InChI is InChI=1S/C25H40N4O5/c1-19-7-5-6-11-27(19)15-16-29(12-8-23(30)28-13-9-26-10-14-28)25(31)20-17-21(32-2)24(34-4)22(18-20)33-3/h17-19,26H,5-16H2,1-4H3. The number of piperidine rings is 1. The number of benzene rings is 1. The van der Waals surface area contributed by atoms with Gasteiger partial charge in [0.1, 0.15) is 0 Å². The van der Waals surface area contributed by atoms with Gasteiger partial charge in [0.2, 0.25) is 11.7 Å². The Morgan fingerprint density at radius 3 is 2.26 bits per heavy atom. The van der Waals surface area contributed by atoms with Crippen molar-refractivity contribution in [2.24, 2.45) is 0 Å². The van der Waals surface area contributed by atoms with E-state index >= 15 is 0 Å². The molecule has 3 rings (SSSR count). The van der Waals surface area contributed by atoms with Gasteiger partial charge < -0.3 is 29.3 Å². The lowest BCUT2D eigenvalue weighted by molar-refractivity contribution is -0.131. The summed E-state index contributed by atoms with van der Waals surface area (Å²) >= 11 is 0. The number of hydrogen-bond donors (Lipinski definition) is 1. The topological polar surface area (TPSA) is 83.6 Å². The van der Waals surface area contributed by atoms with Crippen molar-refractivity contribution >= 4 is 11.8 Å². The predicted octanol–water partition coefficient (Wildman–Crippen LogP) is 1.85. The SMILES string of the molecule is COc1cc(C(=O)N(CCC(=O)N2CCNCC2)CCN2CCCCC2C)cc(OC)c1OC. The molecular formula is C25H40N4O5. The molecule has 9 nitrogen and oxygen atoms in total. The number of methoxy groups -OCH3 is 3. The first-order valence-corrected chi connectivity index (χ1v) is 12.3. The maximum atomic E-state index is 13.6. The molecule has 1 unspecified atom stereocenters. The number of nitrogens with zero attached hydrogens (tertiary/aromatic N) is 3. The van der Waals surface area contributed by atoms with Crippen LogP contribution in [0.2, 0.25) is 0 Å². The Bertz CT molecular complexity index is 803. The lowest BCUT2D eigenvalue weighted by Gasteiger charge is -2.35. The van der Waals surface area contributed by atoms with Crippen LogP contribution in [0.4, 0.5) is 0 Å². The van der Waals surface area contributed by atoms with Crippen molar-refractivity contribution in [3.05, 3.63) is 17.7 Å². The number of piperazine rings is 1. The van der Waals surface area contributed by atoms with Gasteiger partial charge in [-0.2, -0.15) is 0 Å². The lowest BCUT2D eigenvalue weighted by Crippen LogP contribution is -2.48. The van der Waals surface area contributed by atoms with Crippen LogP contribution in [-0.2, 0) is 4.79 Å². The van der Waals surface area contributed by atoms with Gasteiger partial charge in [0.05, 0.1) is 21.3 Å². The normalized spacial score (nSPS) is 18.9. The number of carbonyl (C=O) groups is 2. The number of ether oxygens (including phenoxy) is 3. The van der Waals surface area contributed by atoms with Crippen molar-refractivity contribution in [2.45, 2.75) is 38.6 Å². The van der Waals surface area contributed by atoms with Gasteiger partial charge in [0, 0.05) is 63.8 Å². The molecule has 34 heavy (non-hydrogen) atoms. The van der Waals surface area contributed by atoms with Crippen molar-refractivity contribution in [3.63, 3.8) is 0 Å². The molecule has 0 spiro atoms. The van der Waals surface area contributed by atoms with Gasteiger partial charge in [-0.3, -0.25) is 14.5 Å². The van der Waals surface area contributed by atoms with Crippen molar-refractivity contribution in [1.29, 1.82) is 0 Å². The number of hydrogen-bond acceptors (Lipinski definition) is 7. The number of likely N-dealkylation sites (tertiary alicyclic amines) is 1. The lowest BCUT2D eigenvalue weighted by atomic mass is 10.0. The fraction of sp³-hybridized carbons (Fsp3) is 0.680. The first-order valence-electron chi connectivity index (χ1n) is 12.3. The van der Waals surface area contributed by atoms with Gasteiger partial charge in [0.25, 0.3) is 5.91 Å². The van der Waals surface area contributed by atoms with E-state index in [1.807, 2.05) is 4.90 Å². The van der Waals surface area contributed by atoms with E-state index in [-0.39, 0.29) is 11.8 Å². The molecule has 2 heterocycles. The Balaban J connectivity index is 1.76. The van der Waals surface area contributed by atoms with Crippen molar-refractivity contribution in [1.82, 2.24) is 20.0 Å². The molecule has 0 saturated carbocycles. The van der Waals surface area contributed by atoms with Crippen molar-refractivity contribution in [3.8, 4) is 17.2 Å². The van der Waals surface area contributed by atoms with Crippen LogP contribution >= 0.6 is 0 Å². The number of amides is 2. The molecule has 2 saturated heterocycles. The van der Waals surface area contributed by atoms with Gasteiger partial charge >= 0.3 is 0 Å². The molecule has 1 aromatic rings. The molecule has 0 aliphatic carbocycles. The summed E-state index contributed by atoms with van der Waals surface area (Å²) in [5.41, 5.74) is 0.454. The fourth-order valence-electron chi connectivity index (χ4n) is 4.74.